The van der Waals surface area contributed by atoms with Crippen molar-refractivity contribution in [2.45, 2.75) is 33.7 Å². The van der Waals surface area contributed by atoms with Crippen LogP contribution < -0.4 is 4.80 Å². The monoisotopic (exact) mass is 368 g/mol. The molecule has 0 atom stereocenters. The number of benzene rings is 2. The summed E-state index contributed by atoms with van der Waals surface area (Å²) in [7, 11) is 0. The first kappa shape index (κ1) is 18.5. The molecule has 0 saturated heterocycles. The third kappa shape index (κ3) is 4.29. The third-order valence-electron chi connectivity index (χ3n) is 4.32. The number of carbonyl (C=O) groups is 1. The van der Waals surface area contributed by atoms with E-state index in [1.807, 2.05) is 32.9 Å². The molecular formula is C21H24N2O2S. The van der Waals surface area contributed by atoms with E-state index in [2.05, 4.69) is 39.9 Å². The Morgan fingerprint density at radius 3 is 2.81 bits per heavy atom. The first-order valence-corrected chi connectivity index (χ1v) is 9.70. The fourth-order valence-electron chi connectivity index (χ4n) is 2.92. The predicted octanol–water partition coefficient (Wildman–Crippen LogP) is 4.03. The van der Waals surface area contributed by atoms with Crippen molar-refractivity contribution in [3.63, 3.8) is 0 Å². The van der Waals surface area contributed by atoms with E-state index in [9.17, 15) is 4.79 Å². The Hall–Kier alpha value is -2.24. The molecule has 1 amide bonds. The van der Waals surface area contributed by atoms with E-state index in [1.165, 1.54) is 0 Å². The summed E-state index contributed by atoms with van der Waals surface area (Å²) in [6.45, 7) is 8.03. The van der Waals surface area contributed by atoms with Crippen molar-refractivity contribution >= 4 is 27.5 Å². The minimum absolute atomic E-state index is 0.115. The summed E-state index contributed by atoms with van der Waals surface area (Å²) in [5, 5.41) is 0. The molecule has 0 radical (unpaired) electrons. The van der Waals surface area contributed by atoms with Crippen LogP contribution in [0.25, 0.3) is 10.2 Å². The number of carbonyl (C=O) groups excluding carboxylic acids is 1. The molecule has 136 valence electrons. The van der Waals surface area contributed by atoms with Crippen molar-refractivity contribution in [2.75, 3.05) is 13.2 Å². The minimum atomic E-state index is -0.115. The Kier molecular flexibility index (Phi) is 6.01. The average molecular weight is 369 g/mol. The molecule has 3 rings (SSSR count). The zero-order valence-electron chi connectivity index (χ0n) is 15.5. The number of amides is 1. The van der Waals surface area contributed by atoms with Gasteiger partial charge in [0.1, 0.15) is 0 Å². The van der Waals surface area contributed by atoms with Crippen molar-refractivity contribution in [1.82, 2.24) is 4.57 Å². The molecule has 5 heteroatoms. The van der Waals surface area contributed by atoms with E-state index >= 15 is 0 Å². The summed E-state index contributed by atoms with van der Waals surface area (Å²) < 4.78 is 8.70. The van der Waals surface area contributed by atoms with Gasteiger partial charge >= 0.3 is 0 Å². The van der Waals surface area contributed by atoms with Gasteiger partial charge in [0, 0.05) is 13.2 Å². The largest absolute Gasteiger partial charge is 0.380 e. The summed E-state index contributed by atoms with van der Waals surface area (Å²) in [6, 6.07) is 14.3. The van der Waals surface area contributed by atoms with Gasteiger partial charge in [-0.15, -0.1) is 0 Å². The SMILES string of the molecule is CCOCCn1c(=NC(=O)Cc2cc(C)ccc2C)sc2ccccc21. The summed E-state index contributed by atoms with van der Waals surface area (Å²) in [5.74, 6) is -0.115. The Morgan fingerprint density at radius 2 is 2.00 bits per heavy atom. The van der Waals surface area contributed by atoms with Crippen molar-refractivity contribution in [2.24, 2.45) is 4.99 Å². The van der Waals surface area contributed by atoms with Crippen LogP contribution in [0.5, 0.6) is 0 Å². The maximum absolute atomic E-state index is 12.6. The maximum atomic E-state index is 12.6. The van der Waals surface area contributed by atoms with Crippen molar-refractivity contribution in [3.05, 3.63) is 64.0 Å². The van der Waals surface area contributed by atoms with Crippen LogP contribution in [0.2, 0.25) is 0 Å². The molecule has 2 aromatic carbocycles. The molecule has 3 aromatic rings. The van der Waals surface area contributed by atoms with Crippen LogP contribution in [0, 0.1) is 13.8 Å². The van der Waals surface area contributed by atoms with E-state index in [-0.39, 0.29) is 5.91 Å². The molecule has 0 aliphatic heterocycles. The lowest BCUT2D eigenvalue weighted by molar-refractivity contribution is -0.117. The number of hydrogen-bond donors (Lipinski definition) is 0. The molecule has 0 bridgehead atoms. The van der Waals surface area contributed by atoms with Gasteiger partial charge in [0.25, 0.3) is 5.91 Å². The highest BCUT2D eigenvalue weighted by Gasteiger charge is 2.09. The topological polar surface area (TPSA) is 43.6 Å². The van der Waals surface area contributed by atoms with Crippen LogP contribution in [0.4, 0.5) is 0 Å². The van der Waals surface area contributed by atoms with E-state index < -0.39 is 0 Å². The number of ether oxygens (including phenoxy) is 1. The van der Waals surface area contributed by atoms with Crippen molar-refractivity contribution in [1.29, 1.82) is 0 Å². The molecule has 0 aliphatic carbocycles. The second-order valence-corrected chi connectivity index (χ2v) is 7.32. The number of aryl methyl sites for hydroxylation is 2. The number of hydrogen-bond acceptors (Lipinski definition) is 3. The van der Waals surface area contributed by atoms with Crippen molar-refractivity contribution < 1.29 is 9.53 Å². The number of para-hydroxylation sites is 1. The smallest absolute Gasteiger partial charge is 0.252 e. The van der Waals surface area contributed by atoms with Gasteiger partial charge in [-0.05, 0) is 44.0 Å². The lowest BCUT2D eigenvalue weighted by atomic mass is 10.0. The van der Waals surface area contributed by atoms with Crippen LogP contribution in [0.3, 0.4) is 0 Å². The summed E-state index contributed by atoms with van der Waals surface area (Å²) >= 11 is 1.55. The van der Waals surface area contributed by atoms with Gasteiger partial charge in [0.15, 0.2) is 4.80 Å². The van der Waals surface area contributed by atoms with Crippen LogP contribution in [0.15, 0.2) is 47.5 Å². The van der Waals surface area contributed by atoms with Gasteiger partial charge in [-0.25, -0.2) is 0 Å². The summed E-state index contributed by atoms with van der Waals surface area (Å²) in [4.78, 5) is 17.8. The van der Waals surface area contributed by atoms with Crippen LogP contribution in [-0.4, -0.2) is 23.7 Å². The maximum Gasteiger partial charge on any atom is 0.252 e. The molecule has 0 unspecified atom stereocenters. The van der Waals surface area contributed by atoms with Gasteiger partial charge in [0.2, 0.25) is 0 Å². The quantitative estimate of drug-likeness (QED) is 0.617. The highest BCUT2D eigenvalue weighted by molar-refractivity contribution is 7.16. The standard InChI is InChI=1S/C21H24N2O2S/c1-4-25-12-11-23-18-7-5-6-8-19(18)26-21(23)22-20(24)14-17-13-15(2)9-10-16(17)3/h5-10,13H,4,11-12,14H2,1-3H3. The second-order valence-electron chi connectivity index (χ2n) is 6.31. The van der Waals surface area contributed by atoms with Gasteiger partial charge in [-0.1, -0.05) is 47.2 Å². The average Bonchev–Trinajstić information content (AvgIpc) is 2.96. The number of thiazole rings is 1. The molecule has 0 aliphatic rings. The van der Waals surface area contributed by atoms with E-state index in [1.54, 1.807) is 11.3 Å². The Bertz CT molecular complexity index is 985. The molecule has 0 fully saturated rings. The van der Waals surface area contributed by atoms with E-state index in [0.717, 1.165) is 31.7 Å². The van der Waals surface area contributed by atoms with Crippen LogP contribution in [0.1, 0.15) is 23.6 Å². The van der Waals surface area contributed by atoms with Gasteiger partial charge < -0.3 is 9.30 Å². The molecule has 26 heavy (non-hydrogen) atoms. The van der Waals surface area contributed by atoms with E-state index in [0.29, 0.717) is 26.2 Å². The third-order valence-corrected chi connectivity index (χ3v) is 5.38. The van der Waals surface area contributed by atoms with E-state index in [4.69, 9.17) is 4.74 Å². The number of nitrogens with zero attached hydrogens (tertiary/aromatic N) is 2. The predicted molar refractivity (Wildman–Crippen MR) is 106 cm³/mol. The lowest BCUT2D eigenvalue weighted by Crippen LogP contribution is -2.20. The van der Waals surface area contributed by atoms with Gasteiger partial charge in [-0.3, -0.25) is 4.79 Å². The number of rotatable bonds is 6. The molecule has 0 N–H and O–H groups in total. The molecule has 0 saturated carbocycles. The van der Waals surface area contributed by atoms with Gasteiger partial charge in [-0.2, -0.15) is 4.99 Å². The van der Waals surface area contributed by atoms with Crippen LogP contribution in [-0.2, 0) is 22.5 Å². The fourth-order valence-corrected chi connectivity index (χ4v) is 4.00. The molecular weight excluding hydrogens is 344 g/mol. The molecule has 1 aromatic heterocycles. The first-order valence-electron chi connectivity index (χ1n) is 8.88. The van der Waals surface area contributed by atoms with Crippen molar-refractivity contribution in [3.8, 4) is 0 Å². The number of fused-ring (bicyclic) bond motifs is 1. The number of aromatic nitrogens is 1. The zero-order valence-corrected chi connectivity index (χ0v) is 16.3. The molecule has 1 heterocycles. The Labute approximate surface area is 157 Å². The zero-order chi connectivity index (χ0) is 18.5. The van der Waals surface area contributed by atoms with Gasteiger partial charge in [0.05, 0.1) is 23.2 Å². The fraction of sp³-hybridized carbons (Fsp3) is 0.333. The Balaban J connectivity index is 1.93. The molecule has 4 nitrogen and oxygen atoms in total. The van der Waals surface area contributed by atoms with Crippen LogP contribution >= 0.6 is 11.3 Å². The first-order chi connectivity index (χ1) is 12.6. The molecule has 0 spiro atoms. The summed E-state index contributed by atoms with van der Waals surface area (Å²) in [5.41, 5.74) is 4.42. The minimum Gasteiger partial charge on any atom is -0.380 e. The second kappa shape index (κ2) is 8.43. The normalized spacial score (nSPS) is 12.0. The Morgan fingerprint density at radius 1 is 1.19 bits per heavy atom. The lowest BCUT2D eigenvalue weighted by Gasteiger charge is -2.06. The highest BCUT2D eigenvalue weighted by Crippen LogP contribution is 2.17. The highest BCUT2D eigenvalue weighted by atomic mass is 32.1. The summed E-state index contributed by atoms with van der Waals surface area (Å²) in [6.07, 6.45) is 0.327.